The van der Waals surface area contributed by atoms with Gasteiger partial charge in [0.1, 0.15) is 17.2 Å². The van der Waals surface area contributed by atoms with Gasteiger partial charge in [0.25, 0.3) is 0 Å². The maximum Gasteiger partial charge on any atom is 0.219 e. The number of rotatable bonds is 8. The van der Waals surface area contributed by atoms with Gasteiger partial charge in [-0.05, 0) is 19.0 Å². The number of aromatic nitrogens is 1. The van der Waals surface area contributed by atoms with Gasteiger partial charge in [0.05, 0.1) is 11.1 Å². The van der Waals surface area contributed by atoms with Gasteiger partial charge in [0, 0.05) is 26.3 Å². The zero-order valence-electron chi connectivity index (χ0n) is 15.2. The lowest BCUT2D eigenvalue weighted by Gasteiger charge is -2.15. The zero-order chi connectivity index (χ0) is 18.6. The summed E-state index contributed by atoms with van der Waals surface area (Å²) in [6.07, 6.45) is 1.75. The maximum absolute atomic E-state index is 12.6. The van der Waals surface area contributed by atoms with Gasteiger partial charge in [0.15, 0.2) is 0 Å². The number of thioether (sulfide) groups is 1. The average molecular weight is 379 g/mol. The Kier molecular flexibility index (Phi) is 6.62. The third-order valence-corrected chi connectivity index (χ3v) is 6.22. The second-order valence-corrected chi connectivity index (χ2v) is 14.2. The van der Waals surface area contributed by atoms with E-state index in [0.29, 0.717) is 18.9 Å². The third kappa shape index (κ3) is 5.54. The first-order valence-corrected chi connectivity index (χ1v) is 12.9. The van der Waals surface area contributed by atoms with Crippen LogP contribution in [0.2, 0.25) is 25.7 Å². The molecule has 0 aliphatic carbocycles. The lowest BCUT2D eigenvalue weighted by atomic mass is 10.1. The van der Waals surface area contributed by atoms with Crippen molar-refractivity contribution < 1.29 is 14.6 Å². The van der Waals surface area contributed by atoms with Gasteiger partial charge < -0.3 is 14.4 Å². The molecule has 136 valence electrons. The fourth-order valence-electron chi connectivity index (χ4n) is 2.42. The highest BCUT2D eigenvalue weighted by molar-refractivity contribution is 8.16. The molecule has 0 aliphatic rings. The Labute approximate surface area is 153 Å². The molecule has 0 radical (unpaired) electrons. The summed E-state index contributed by atoms with van der Waals surface area (Å²) in [5.41, 5.74) is 0.603. The van der Waals surface area contributed by atoms with Crippen LogP contribution in [0.25, 0.3) is 10.9 Å². The molecule has 0 spiro atoms. The average Bonchev–Trinajstić information content (AvgIpc) is 2.88. The molecule has 1 aromatic carbocycles. The summed E-state index contributed by atoms with van der Waals surface area (Å²) in [6.45, 7) is 9.56. The van der Waals surface area contributed by atoms with E-state index >= 15 is 0 Å². The molecule has 7 heteroatoms. The van der Waals surface area contributed by atoms with Crippen LogP contribution in [0.3, 0.4) is 0 Å². The summed E-state index contributed by atoms with van der Waals surface area (Å²) in [7, 11) is -1.14. The van der Waals surface area contributed by atoms with Gasteiger partial charge in [-0.3, -0.25) is 10.2 Å². The molecular weight excluding hydrogens is 352 g/mol. The molecule has 2 aromatic rings. The first-order chi connectivity index (χ1) is 11.7. The molecule has 1 atom stereocenters. The van der Waals surface area contributed by atoms with Gasteiger partial charge in [-0.25, -0.2) is 0 Å². The molecule has 0 amide bonds. The number of nitrogens with one attached hydrogen (secondary N) is 1. The predicted octanol–water partition coefficient (Wildman–Crippen LogP) is 4.19. The molecule has 1 aromatic heterocycles. The van der Waals surface area contributed by atoms with Crippen LogP contribution < -0.4 is 0 Å². The Bertz CT molecular complexity index is 765. The number of ketones is 1. The Hall–Kier alpha value is -1.41. The minimum atomic E-state index is -1.14. The standard InChI is InChI=1S/C18H26N2O3SSi/c1-13(21)24-18(19)17(22)15-11-20(12-23-9-10-25(2,3)4)16-8-6-5-7-14(15)16/h5-8,11,13,19,21H,9-10,12H2,1-4H3. The summed E-state index contributed by atoms with van der Waals surface area (Å²) in [5.74, 6) is -0.372. The van der Waals surface area contributed by atoms with Crippen molar-refractivity contribution in [3.63, 3.8) is 0 Å². The van der Waals surface area contributed by atoms with E-state index < -0.39 is 13.5 Å². The maximum atomic E-state index is 12.6. The topological polar surface area (TPSA) is 75.3 Å². The van der Waals surface area contributed by atoms with Crippen LogP contribution in [0.5, 0.6) is 0 Å². The Morgan fingerprint density at radius 3 is 2.68 bits per heavy atom. The van der Waals surface area contributed by atoms with E-state index in [-0.39, 0.29) is 10.8 Å². The number of aliphatic hydroxyl groups excluding tert-OH is 1. The van der Waals surface area contributed by atoms with Gasteiger partial charge in [-0.15, -0.1) is 0 Å². The molecular formula is C18H26N2O3SSi. The summed E-state index contributed by atoms with van der Waals surface area (Å²) < 4.78 is 7.72. The Morgan fingerprint density at radius 2 is 2.04 bits per heavy atom. The SMILES string of the molecule is CC(O)SC(=N)C(=O)c1cn(COCC[Si](C)(C)C)c2ccccc12. The van der Waals surface area contributed by atoms with Gasteiger partial charge in [-0.1, -0.05) is 49.6 Å². The molecule has 0 bridgehead atoms. The zero-order valence-corrected chi connectivity index (χ0v) is 17.0. The monoisotopic (exact) mass is 378 g/mol. The molecule has 25 heavy (non-hydrogen) atoms. The molecule has 0 fully saturated rings. The number of hydrogen-bond acceptors (Lipinski definition) is 5. The van der Waals surface area contributed by atoms with Crippen molar-refractivity contribution in [2.24, 2.45) is 0 Å². The van der Waals surface area contributed by atoms with Crippen LogP contribution in [0, 0.1) is 5.41 Å². The van der Waals surface area contributed by atoms with E-state index in [9.17, 15) is 9.90 Å². The van der Waals surface area contributed by atoms with Crippen LogP contribution >= 0.6 is 11.8 Å². The van der Waals surface area contributed by atoms with E-state index in [0.717, 1.165) is 28.7 Å². The van der Waals surface area contributed by atoms with Crippen LogP contribution in [0.4, 0.5) is 0 Å². The number of nitrogens with zero attached hydrogens (tertiary/aromatic N) is 1. The predicted molar refractivity (Wildman–Crippen MR) is 107 cm³/mol. The van der Waals surface area contributed by atoms with Crippen LogP contribution in [-0.4, -0.2) is 40.6 Å². The second kappa shape index (κ2) is 8.31. The van der Waals surface area contributed by atoms with E-state index in [2.05, 4.69) is 19.6 Å². The normalized spacial score (nSPS) is 13.2. The smallest absolute Gasteiger partial charge is 0.219 e. The van der Waals surface area contributed by atoms with Crippen molar-refractivity contribution in [1.82, 2.24) is 4.57 Å². The molecule has 2 rings (SSSR count). The summed E-state index contributed by atoms with van der Waals surface area (Å²) in [4.78, 5) is 12.6. The highest BCUT2D eigenvalue weighted by Crippen LogP contribution is 2.24. The highest BCUT2D eigenvalue weighted by Gasteiger charge is 2.20. The van der Waals surface area contributed by atoms with Crippen molar-refractivity contribution in [1.29, 1.82) is 5.41 Å². The van der Waals surface area contributed by atoms with Gasteiger partial charge in [0.2, 0.25) is 5.78 Å². The van der Waals surface area contributed by atoms with Crippen LogP contribution in [0.1, 0.15) is 17.3 Å². The quantitative estimate of drug-likeness (QED) is 0.180. The fraction of sp³-hybridized carbons (Fsp3) is 0.444. The molecule has 2 N–H and O–H groups in total. The first kappa shape index (κ1) is 19.9. The minimum absolute atomic E-state index is 0.155. The third-order valence-electron chi connectivity index (χ3n) is 3.75. The number of fused-ring (bicyclic) bond motifs is 1. The van der Waals surface area contributed by atoms with Crippen molar-refractivity contribution in [3.8, 4) is 0 Å². The summed E-state index contributed by atoms with van der Waals surface area (Å²) >= 11 is 0.853. The highest BCUT2D eigenvalue weighted by atomic mass is 32.2. The van der Waals surface area contributed by atoms with E-state index in [1.165, 1.54) is 0 Å². The number of para-hydroxylation sites is 1. The molecule has 5 nitrogen and oxygen atoms in total. The lowest BCUT2D eigenvalue weighted by Crippen LogP contribution is -2.22. The van der Waals surface area contributed by atoms with Crippen LogP contribution in [-0.2, 0) is 11.5 Å². The Morgan fingerprint density at radius 1 is 1.36 bits per heavy atom. The summed E-state index contributed by atoms with van der Waals surface area (Å²) in [6, 6.07) is 8.71. The largest absolute Gasteiger partial charge is 0.382 e. The van der Waals surface area contributed by atoms with E-state index in [1.807, 2.05) is 28.8 Å². The Balaban J connectivity index is 2.19. The van der Waals surface area contributed by atoms with Crippen LogP contribution in [0.15, 0.2) is 30.5 Å². The molecule has 0 aliphatic heterocycles. The number of hydrogen-bond donors (Lipinski definition) is 2. The number of carbonyl (C=O) groups is 1. The molecule has 0 saturated heterocycles. The first-order valence-electron chi connectivity index (χ1n) is 8.32. The van der Waals surface area contributed by atoms with E-state index in [1.54, 1.807) is 13.1 Å². The number of carbonyl (C=O) groups excluding carboxylic acids is 1. The molecule has 1 unspecified atom stereocenters. The summed E-state index contributed by atoms with van der Waals surface area (Å²) in [5, 5.41) is 17.9. The minimum Gasteiger partial charge on any atom is -0.382 e. The second-order valence-electron chi connectivity index (χ2n) is 7.25. The van der Waals surface area contributed by atoms with Crippen molar-refractivity contribution in [2.75, 3.05) is 6.61 Å². The van der Waals surface area contributed by atoms with E-state index in [4.69, 9.17) is 10.1 Å². The van der Waals surface area contributed by atoms with Gasteiger partial charge >= 0.3 is 0 Å². The lowest BCUT2D eigenvalue weighted by molar-refractivity contribution is 0.0900. The molecule has 0 saturated carbocycles. The van der Waals surface area contributed by atoms with Crippen molar-refractivity contribution in [2.45, 2.75) is 44.8 Å². The number of Topliss-reactive ketones (excluding diaryl/α,β-unsaturated/α-hetero) is 1. The number of benzene rings is 1. The fourth-order valence-corrected chi connectivity index (χ4v) is 3.74. The van der Waals surface area contributed by atoms with Crippen molar-refractivity contribution in [3.05, 3.63) is 36.0 Å². The number of aliphatic hydroxyl groups is 1. The molecule has 1 heterocycles. The van der Waals surface area contributed by atoms with Crippen molar-refractivity contribution >= 4 is 41.6 Å². The number of ether oxygens (including phenoxy) is 1. The van der Waals surface area contributed by atoms with Gasteiger partial charge in [-0.2, -0.15) is 0 Å².